The molecule has 0 aliphatic carbocycles. The van der Waals surface area contributed by atoms with Crippen molar-refractivity contribution in [2.75, 3.05) is 6.54 Å². The van der Waals surface area contributed by atoms with Crippen molar-refractivity contribution >= 4 is 5.91 Å². The first-order chi connectivity index (χ1) is 9.75. The van der Waals surface area contributed by atoms with Crippen LogP contribution < -0.4 is 10.6 Å². The van der Waals surface area contributed by atoms with Gasteiger partial charge in [-0.1, -0.05) is 24.3 Å². The second-order valence-corrected chi connectivity index (χ2v) is 5.14. The molecule has 0 saturated heterocycles. The summed E-state index contributed by atoms with van der Waals surface area (Å²) in [6.45, 7) is 3.48. The van der Waals surface area contributed by atoms with Crippen molar-refractivity contribution in [2.45, 2.75) is 25.4 Å². The number of aromatic nitrogens is 2. The minimum absolute atomic E-state index is 0.0460. The molecule has 0 spiro atoms. The molecule has 0 fully saturated rings. The van der Waals surface area contributed by atoms with Gasteiger partial charge < -0.3 is 10.6 Å². The molecule has 2 heterocycles. The van der Waals surface area contributed by atoms with E-state index in [-0.39, 0.29) is 17.9 Å². The molecule has 1 aliphatic heterocycles. The van der Waals surface area contributed by atoms with Gasteiger partial charge in [-0.05, 0) is 18.1 Å². The van der Waals surface area contributed by atoms with Gasteiger partial charge in [0.15, 0.2) is 0 Å². The lowest BCUT2D eigenvalue weighted by molar-refractivity contribution is -0.123. The van der Waals surface area contributed by atoms with E-state index in [9.17, 15) is 4.79 Å². The number of rotatable bonds is 3. The Morgan fingerprint density at radius 2 is 2.30 bits per heavy atom. The van der Waals surface area contributed by atoms with Crippen LogP contribution in [0.25, 0.3) is 0 Å². The van der Waals surface area contributed by atoms with Gasteiger partial charge in [0.1, 0.15) is 0 Å². The highest BCUT2D eigenvalue weighted by Crippen LogP contribution is 2.24. The number of amides is 1. The maximum absolute atomic E-state index is 12.5. The summed E-state index contributed by atoms with van der Waals surface area (Å²) in [6, 6.07) is 8.07. The molecular formula is C15H18N4O. The van der Waals surface area contributed by atoms with Gasteiger partial charge in [-0.2, -0.15) is 5.10 Å². The number of aromatic amines is 1. The molecule has 3 rings (SSSR count). The molecule has 20 heavy (non-hydrogen) atoms. The zero-order valence-corrected chi connectivity index (χ0v) is 11.4. The van der Waals surface area contributed by atoms with Gasteiger partial charge in [-0.25, -0.2) is 0 Å². The summed E-state index contributed by atoms with van der Waals surface area (Å²) in [4.78, 5) is 12.5. The average molecular weight is 270 g/mol. The third-order valence-electron chi connectivity index (χ3n) is 3.79. The summed E-state index contributed by atoms with van der Waals surface area (Å²) in [7, 11) is 0. The highest BCUT2D eigenvalue weighted by molar-refractivity contribution is 5.85. The molecule has 0 bridgehead atoms. The van der Waals surface area contributed by atoms with Crippen molar-refractivity contribution in [2.24, 2.45) is 0 Å². The van der Waals surface area contributed by atoms with Crippen molar-refractivity contribution in [3.8, 4) is 0 Å². The number of nitrogens with one attached hydrogen (secondary N) is 3. The molecule has 0 radical (unpaired) electrons. The Hall–Kier alpha value is -2.14. The Labute approximate surface area is 117 Å². The Morgan fingerprint density at radius 3 is 3.10 bits per heavy atom. The smallest absolute Gasteiger partial charge is 0.229 e. The molecule has 1 amide bonds. The van der Waals surface area contributed by atoms with Gasteiger partial charge in [-0.15, -0.1) is 0 Å². The first-order valence-corrected chi connectivity index (χ1v) is 6.83. The van der Waals surface area contributed by atoms with Crippen LogP contribution in [0.5, 0.6) is 0 Å². The van der Waals surface area contributed by atoms with Crippen molar-refractivity contribution < 1.29 is 4.79 Å². The summed E-state index contributed by atoms with van der Waals surface area (Å²) in [5, 5.41) is 13.0. The van der Waals surface area contributed by atoms with Crippen LogP contribution in [-0.4, -0.2) is 22.6 Å². The number of hydrogen-bond donors (Lipinski definition) is 3. The predicted molar refractivity (Wildman–Crippen MR) is 76.0 cm³/mol. The van der Waals surface area contributed by atoms with E-state index in [0.717, 1.165) is 17.7 Å². The van der Waals surface area contributed by atoms with E-state index in [1.165, 1.54) is 5.56 Å². The van der Waals surface area contributed by atoms with Gasteiger partial charge >= 0.3 is 0 Å². The number of H-pyrrole nitrogens is 1. The van der Waals surface area contributed by atoms with E-state index in [1.807, 2.05) is 25.1 Å². The predicted octanol–water partition coefficient (Wildman–Crippen LogP) is 1.47. The Balaban J connectivity index is 1.75. The van der Waals surface area contributed by atoms with E-state index in [1.54, 1.807) is 12.4 Å². The van der Waals surface area contributed by atoms with E-state index >= 15 is 0 Å². The standard InChI is InChI=1S/C15H18N4O/c1-10(12-7-17-18-8-12)19-15(20)14-9-16-6-11-4-2-3-5-13(11)14/h2-5,7-8,10,14,16H,6,9H2,1H3,(H,17,18)(H,19,20). The number of fused-ring (bicyclic) bond motifs is 1. The Bertz CT molecular complexity index is 594. The highest BCUT2D eigenvalue weighted by atomic mass is 16.2. The molecule has 2 unspecified atom stereocenters. The fraction of sp³-hybridized carbons (Fsp3) is 0.333. The fourth-order valence-electron chi connectivity index (χ4n) is 2.63. The topological polar surface area (TPSA) is 69.8 Å². The van der Waals surface area contributed by atoms with Crippen LogP contribution in [0.15, 0.2) is 36.7 Å². The van der Waals surface area contributed by atoms with Crippen molar-refractivity contribution in [1.82, 2.24) is 20.8 Å². The van der Waals surface area contributed by atoms with E-state index in [2.05, 4.69) is 26.9 Å². The Morgan fingerprint density at radius 1 is 1.45 bits per heavy atom. The van der Waals surface area contributed by atoms with Crippen molar-refractivity contribution in [3.05, 3.63) is 53.3 Å². The first-order valence-electron chi connectivity index (χ1n) is 6.83. The lowest BCUT2D eigenvalue weighted by Crippen LogP contribution is -2.39. The first kappa shape index (κ1) is 12.9. The third-order valence-corrected chi connectivity index (χ3v) is 3.79. The summed E-state index contributed by atoms with van der Waals surface area (Å²) in [6.07, 6.45) is 3.54. The van der Waals surface area contributed by atoms with Crippen molar-refractivity contribution in [1.29, 1.82) is 0 Å². The molecule has 1 aliphatic rings. The number of carbonyl (C=O) groups excluding carboxylic acids is 1. The fourth-order valence-corrected chi connectivity index (χ4v) is 2.63. The number of nitrogens with zero attached hydrogens (tertiary/aromatic N) is 1. The number of benzene rings is 1. The Kier molecular flexibility index (Phi) is 3.52. The number of hydrogen-bond acceptors (Lipinski definition) is 3. The molecule has 2 atom stereocenters. The monoisotopic (exact) mass is 270 g/mol. The molecule has 104 valence electrons. The third kappa shape index (κ3) is 2.44. The van der Waals surface area contributed by atoms with Gasteiger partial charge in [0.2, 0.25) is 5.91 Å². The maximum Gasteiger partial charge on any atom is 0.229 e. The molecule has 3 N–H and O–H groups in total. The second-order valence-electron chi connectivity index (χ2n) is 5.14. The van der Waals surface area contributed by atoms with Crippen LogP contribution in [0, 0.1) is 0 Å². The summed E-state index contributed by atoms with van der Waals surface area (Å²) in [5.41, 5.74) is 3.31. The minimum atomic E-state index is -0.130. The lowest BCUT2D eigenvalue weighted by Gasteiger charge is -2.26. The maximum atomic E-state index is 12.5. The van der Waals surface area contributed by atoms with E-state index in [4.69, 9.17) is 0 Å². The molecule has 5 heteroatoms. The molecule has 2 aromatic rings. The van der Waals surface area contributed by atoms with E-state index < -0.39 is 0 Å². The average Bonchev–Trinajstić information content (AvgIpc) is 3.01. The zero-order valence-electron chi connectivity index (χ0n) is 11.4. The van der Waals surface area contributed by atoms with Crippen LogP contribution in [0.1, 0.15) is 35.6 Å². The van der Waals surface area contributed by atoms with Gasteiger partial charge in [-0.3, -0.25) is 9.89 Å². The summed E-state index contributed by atoms with van der Waals surface area (Å²) >= 11 is 0. The van der Waals surface area contributed by atoms with Crippen LogP contribution in [-0.2, 0) is 11.3 Å². The van der Waals surface area contributed by atoms with Gasteiger partial charge in [0.05, 0.1) is 18.2 Å². The largest absolute Gasteiger partial charge is 0.349 e. The number of carbonyl (C=O) groups is 1. The van der Waals surface area contributed by atoms with Crippen molar-refractivity contribution in [3.63, 3.8) is 0 Å². The molecule has 1 aromatic carbocycles. The lowest BCUT2D eigenvalue weighted by atomic mass is 9.90. The molecule has 5 nitrogen and oxygen atoms in total. The van der Waals surface area contributed by atoms with Gasteiger partial charge in [0, 0.05) is 24.8 Å². The van der Waals surface area contributed by atoms with Crippen LogP contribution in [0.2, 0.25) is 0 Å². The SMILES string of the molecule is CC(NC(=O)C1CNCc2ccccc21)c1cn[nH]c1. The summed E-state index contributed by atoms with van der Waals surface area (Å²) in [5.74, 6) is -0.0762. The minimum Gasteiger partial charge on any atom is -0.349 e. The summed E-state index contributed by atoms with van der Waals surface area (Å²) < 4.78 is 0. The quantitative estimate of drug-likeness (QED) is 0.791. The zero-order chi connectivity index (χ0) is 13.9. The molecule has 1 aromatic heterocycles. The van der Waals surface area contributed by atoms with Crippen LogP contribution in [0.4, 0.5) is 0 Å². The second kappa shape index (κ2) is 5.46. The van der Waals surface area contributed by atoms with Crippen LogP contribution >= 0.6 is 0 Å². The molecule has 0 saturated carbocycles. The molecular weight excluding hydrogens is 252 g/mol. The van der Waals surface area contributed by atoms with E-state index in [0.29, 0.717) is 6.54 Å². The normalized spacial score (nSPS) is 19.1. The van der Waals surface area contributed by atoms with Crippen LogP contribution in [0.3, 0.4) is 0 Å². The van der Waals surface area contributed by atoms with Gasteiger partial charge in [0.25, 0.3) is 0 Å². The highest BCUT2D eigenvalue weighted by Gasteiger charge is 2.27.